The quantitative estimate of drug-likeness (QED) is 0.838. The van der Waals surface area contributed by atoms with E-state index in [1.807, 2.05) is 31.2 Å². The zero-order chi connectivity index (χ0) is 15.2. The number of hydrogen-bond donors (Lipinski definition) is 1. The van der Waals surface area contributed by atoms with E-state index in [-0.39, 0.29) is 11.9 Å². The highest BCUT2D eigenvalue weighted by atomic mass is 19.1. The van der Waals surface area contributed by atoms with Gasteiger partial charge in [-0.15, -0.1) is 0 Å². The summed E-state index contributed by atoms with van der Waals surface area (Å²) in [7, 11) is 1.62. The third kappa shape index (κ3) is 3.93. The van der Waals surface area contributed by atoms with E-state index in [9.17, 15) is 4.39 Å². The third-order valence-corrected chi connectivity index (χ3v) is 3.32. The summed E-state index contributed by atoms with van der Waals surface area (Å²) >= 11 is 0. The number of halogens is 1. The SMILES string of the molecule is CCCNC(c1ccc(COC)o1)c1ccc(C)cc1F. The molecule has 0 spiro atoms. The van der Waals surface area contributed by atoms with Gasteiger partial charge in [0.25, 0.3) is 0 Å². The molecule has 4 heteroatoms. The van der Waals surface area contributed by atoms with Crippen molar-refractivity contribution in [2.75, 3.05) is 13.7 Å². The summed E-state index contributed by atoms with van der Waals surface area (Å²) < 4.78 is 25.1. The van der Waals surface area contributed by atoms with E-state index >= 15 is 0 Å². The Hall–Kier alpha value is -1.65. The van der Waals surface area contributed by atoms with E-state index in [1.54, 1.807) is 13.2 Å². The molecule has 21 heavy (non-hydrogen) atoms. The summed E-state index contributed by atoms with van der Waals surface area (Å²) in [6.45, 7) is 5.16. The number of aryl methyl sites for hydroxylation is 1. The Balaban J connectivity index is 2.32. The Morgan fingerprint density at radius 3 is 2.76 bits per heavy atom. The fourth-order valence-electron chi connectivity index (χ4n) is 2.29. The van der Waals surface area contributed by atoms with Crippen LogP contribution in [0.1, 0.15) is 42.0 Å². The fourth-order valence-corrected chi connectivity index (χ4v) is 2.29. The van der Waals surface area contributed by atoms with Crippen molar-refractivity contribution in [3.63, 3.8) is 0 Å². The molecule has 0 aliphatic heterocycles. The molecular formula is C17H22FNO2. The van der Waals surface area contributed by atoms with Gasteiger partial charge in [0.1, 0.15) is 23.9 Å². The topological polar surface area (TPSA) is 34.4 Å². The van der Waals surface area contributed by atoms with Crippen LogP contribution in [-0.2, 0) is 11.3 Å². The molecule has 0 aliphatic carbocycles. The van der Waals surface area contributed by atoms with Gasteiger partial charge in [-0.1, -0.05) is 19.1 Å². The number of nitrogens with one attached hydrogen (secondary N) is 1. The second kappa shape index (κ2) is 7.38. The van der Waals surface area contributed by atoms with Crippen LogP contribution in [0.15, 0.2) is 34.7 Å². The van der Waals surface area contributed by atoms with Crippen molar-refractivity contribution in [2.24, 2.45) is 0 Å². The van der Waals surface area contributed by atoms with Crippen LogP contribution in [0, 0.1) is 12.7 Å². The smallest absolute Gasteiger partial charge is 0.129 e. The van der Waals surface area contributed by atoms with Gasteiger partial charge in [0.2, 0.25) is 0 Å². The standard InChI is InChI=1S/C17H22FNO2/c1-4-9-19-17(14-7-5-12(2)10-15(14)18)16-8-6-13(21-16)11-20-3/h5-8,10,17,19H,4,9,11H2,1-3H3. The fraction of sp³-hybridized carbons (Fsp3) is 0.412. The number of benzene rings is 1. The zero-order valence-corrected chi connectivity index (χ0v) is 12.8. The van der Waals surface area contributed by atoms with Crippen molar-refractivity contribution in [1.82, 2.24) is 5.32 Å². The van der Waals surface area contributed by atoms with Crippen LogP contribution >= 0.6 is 0 Å². The van der Waals surface area contributed by atoms with Gasteiger partial charge < -0.3 is 14.5 Å². The summed E-state index contributed by atoms with van der Waals surface area (Å²) in [4.78, 5) is 0. The first-order valence-corrected chi connectivity index (χ1v) is 7.22. The van der Waals surface area contributed by atoms with Crippen LogP contribution in [0.2, 0.25) is 0 Å². The highest BCUT2D eigenvalue weighted by molar-refractivity contribution is 5.31. The van der Waals surface area contributed by atoms with E-state index in [0.717, 1.165) is 24.3 Å². The summed E-state index contributed by atoms with van der Waals surface area (Å²) in [6.07, 6.45) is 0.968. The Morgan fingerprint density at radius 1 is 1.29 bits per heavy atom. The third-order valence-electron chi connectivity index (χ3n) is 3.32. The summed E-state index contributed by atoms with van der Waals surface area (Å²) in [5.41, 5.74) is 1.51. The predicted molar refractivity (Wildman–Crippen MR) is 80.7 cm³/mol. The molecule has 2 aromatic rings. The average Bonchev–Trinajstić information content (AvgIpc) is 2.90. The Bertz CT molecular complexity index is 580. The molecule has 1 atom stereocenters. The lowest BCUT2D eigenvalue weighted by molar-refractivity contribution is 0.162. The van der Waals surface area contributed by atoms with Gasteiger partial charge in [-0.25, -0.2) is 4.39 Å². The zero-order valence-electron chi connectivity index (χ0n) is 12.8. The molecule has 1 aromatic heterocycles. The van der Waals surface area contributed by atoms with Gasteiger partial charge >= 0.3 is 0 Å². The van der Waals surface area contributed by atoms with E-state index in [2.05, 4.69) is 12.2 Å². The molecule has 1 heterocycles. The first-order chi connectivity index (χ1) is 10.2. The summed E-state index contributed by atoms with van der Waals surface area (Å²) in [5.74, 6) is 1.23. The van der Waals surface area contributed by atoms with Gasteiger partial charge in [-0.3, -0.25) is 0 Å². The first-order valence-electron chi connectivity index (χ1n) is 7.22. The monoisotopic (exact) mass is 291 g/mol. The molecule has 114 valence electrons. The molecular weight excluding hydrogens is 269 g/mol. The minimum atomic E-state index is -0.281. The van der Waals surface area contributed by atoms with Crippen LogP contribution in [0.5, 0.6) is 0 Å². The molecule has 1 unspecified atom stereocenters. The Morgan fingerprint density at radius 2 is 2.10 bits per heavy atom. The highest BCUT2D eigenvalue weighted by Crippen LogP contribution is 2.27. The molecule has 0 aliphatic rings. The maximum atomic E-state index is 14.3. The molecule has 3 nitrogen and oxygen atoms in total. The van der Waals surface area contributed by atoms with Crippen molar-refractivity contribution in [3.8, 4) is 0 Å². The minimum Gasteiger partial charge on any atom is -0.462 e. The second-order valence-corrected chi connectivity index (χ2v) is 5.15. The molecule has 0 fully saturated rings. The molecule has 0 bridgehead atoms. The van der Waals surface area contributed by atoms with Gasteiger partial charge in [0, 0.05) is 12.7 Å². The molecule has 1 N–H and O–H groups in total. The van der Waals surface area contributed by atoms with E-state index in [4.69, 9.17) is 9.15 Å². The van der Waals surface area contributed by atoms with Crippen molar-refractivity contribution < 1.29 is 13.5 Å². The maximum Gasteiger partial charge on any atom is 0.129 e. The lowest BCUT2D eigenvalue weighted by Gasteiger charge is -2.18. The largest absolute Gasteiger partial charge is 0.462 e. The lowest BCUT2D eigenvalue weighted by Crippen LogP contribution is -2.23. The Kier molecular flexibility index (Phi) is 5.53. The molecule has 2 rings (SSSR count). The van der Waals surface area contributed by atoms with E-state index in [0.29, 0.717) is 17.9 Å². The second-order valence-electron chi connectivity index (χ2n) is 5.15. The van der Waals surface area contributed by atoms with Crippen LogP contribution < -0.4 is 5.32 Å². The van der Waals surface area contributed by atoms with Crippen LogP contribution in [0.4, 0.5) is 4.39 Å². The predicted octanol–water partition coefficient (Wildman–Crippen LogP) is 3.96. The molecule has 0 radical (unpaired) electrons. The molecule has 1 aromatic carbocycles. The molecule has 0 saturated carbocycles. The molecule has 0 amide bonds. The summed E-state index contributed by atoms with van der Waals surface area (Å²) in [5, 5.41) is 3.34. The number of ether oxygens (including phenoxy) is 1. The minimum absolute atomic E-state index is 0.215. The van der Waals surface area contributed by atoms with Gasteiger partial charge in [0.05, 0.1) is 6.04 Å². The van der Waals surface area contributed by atoms with Crippen LogP contribution in [0.3, 0.4) is 0 Å². The number of rotatable bonds is 7. The number of hydrogen-bond acceptors (Lipinski definition) is 3. The van der Waals surface area contributed by atoms with E-state index < -0.39 is 0 Å². The van der Waals surface area contributed by atoms with Crippen LogP contribution in [-0.4, -0.2) is 13.7 Å². The van der Waals surface area contributed by atoms with Gasteiger partial charge in [0.15, 0.2) is 0 Å². The van der Waals surface area contributed by atoms with Crippen molar-refractivity contribution >= 4 is 0 Å². The van der Waals surface area contributed by atoms with Crippen molar-refractivity contribution in [1.29, 1.82) is 0 Å². The number of methoxy groups -OCH3 is 1. The van der Waals surface area contributed by atoms with Gasteiger partial charge in [-0.05, 0) is 43.7 Å². The Labute approximate surface area is 125 Å². The normalized spacial score (nSPS) is 12.6. The van der Waals surface area contributed by atoms with Crippen molar-refractivity contribution in [3.05, 3.63) is 58.8 Å². The van der Waals surface area contributed by atoms with Gasteiger partial charge in [-0.2, -0.15) is 0 Å². The number of furan rings is 1. The summed E-state index contributed by atoms with van der Waals surface area (Å²) in [6, 6.07) is 8.74. The average molecular weight is 291 g/mol. The maximum absolute atomic E-state index is 14.3. The van der Waals surface area contributed by atoms with E-state index in [1.165, 1.54) is 0 Å². The van der Waals surface area contributed by atoms with Crippen LogP contribution in [0.25, 0.3) is 0 Å². The lowest BCUT2D eigenvalue weighted by atomic mass is 10.0. The first kappa shape index (κ1) is 15.7. The van der Waals surface area contributed by atoms with Crippen molar-refractivity contribution in [2.45, 2.75) is 32.9 Å². The molecule has 0 saturated heterocycles. The highest BCUT2D eigenvalue weighted by Gasteiger charge is 2.20.